The number of aryl methyl sites for hydroxylation is 2. The number of primary amides is 2. The van der Waals surface area contributed by atoms with Gasteiger partial charge in [0.05, 0.1) is 30.6 Å². The lowest BCUT2D eigenvalue weighted by Gasteiger charge is -2.35. The van der Waals surface area contributed by atoms with Crippen LogP contribution in [-0.4, -0.2) is 112 Å². The van der Waals surface area contributed by atoms with Gasteiger partial charge in [0, 0.05) is 63.5 Å². The number of fused-ring (bicyclic) bond motifs is 1. The average molecular weight is 788 g/mol. The summed E-state index contributed by atoms with van der Waals surface area (Å²) in [4.78, 5) is 58.7. The van der Waals surface area contributed by atoms with E-state index in [0.29, 0.717) is 78.8 Å². The van der Waals surface area contributed by atoms with E-state index >= 15 is 0 Å². The van der Waals surface area contributed by atoms with Crippen LogP contribution < -0.4 is 37.3 Å². The third kappa shape index (κ3) is 10.5. The van der Waals surface area contributed by atoms with Crippen molar-refractivity contribution in [2.24, 2.45) is 11.5 Å². The van der Waals surface area contributed by atoms with Gasteiger partial charge in [-0.3, -0.25) is 29.3 Å². The number of nitrogens with one attached hydrogen (secondary N) is 2. The van der Waals surface area contributed by atoms with E-state index in [-0.39, 0.29) is 35.4 Å². The first-order chi connectivity index (χ1) is 27.1. The molecule has 0 atom stereocenters. The lowest BCUT2D eigenvalue weighted by Crippen LogP contribution is -2.50. The number of amides is 4. The molecule has 0 radical (unpaired) electrons. The smallest absolute Gasteiger partial charge is 0.410 e. The molecule has 57 heavy (non-hydrogen) atoms. The first-order valence-electron chi connectivity index (χ1n) is 18.8. The fourth-order valence-electron chi connectivity index (χ4n) is 6.39. The number of nitrogens with zero attached hydrogens (tertiary/aromatic N) is 6. The number of anilines is 3. The minimum absolute atomic E-state index is 0.206. The Labute approximate surface area is 331 Å². The molecule has 0 unspecified atom stereocenters. The Kier molecular flexibility index (Phi) is 13.3. The maximum atomic E-state index is 13.4. The van der Waals surface area contributed by atoms with Crippen molar-refractivity contribution in [3.63, 3.8) is 0 Å². The quantitative estimate of drug-likeness (QED) is 0.0622. The number of hydrogen-bond acceptors (Lipinski definition) is 12. The molecule has 5 rings (SSSR count). The van der Waals surface area contributed by atoms with Crippen LogP contribution in [0, 0.1) is 6.92 Å². The summed E-state index contributed by atoms with van der Waals surface area (Å²) in [5.41, 5.74) is 20.2. The second kappa shape index (κ2) is 18.1. The van der Waals surface area contributed by atoms with E-state index in [1.165, 1.54) is 19.2 Å². The minimum atomic E-state index is -0.648. The van der Waals surface area contributed by atoms with Crippen LogP contribution in [0.25, 0.3) is 11.0 Å². The second-order valence-electron chi connectivity index (χ2n) is 14.6. The van der Waals surface area contributed by atoms with Crippen molar-refractivity contribution in [2.75, 3.05) is 69.4 Å². The normalized spacial score (nSPS) is 13.5. The van der Waals surface area contributed by atoms with Gasteiger partial charge in [0.1, 0.15) is 34.0 Å². The zero-order chi connectivity index (χ0) is 41.4. The van der Waals surface area contributed by atoms with Gasteiger partial charge in [-0.25, -0.2) is 9.78 Å². The molecule has 2 aromatic carbocycles. The first-order valence-corrected chi connectivity index (χ1v) is 18.8. The van der Waals surface area contributed by atoms with E-state index in [1.807, 2.05) is 46.8 Å². The number of hydrogen-bond donors (Lipinski definition) is 5. The third-order valence-electron chi connectivity index (χ3n) is 9.14. The predicted octanol–water partition coefficient (Wildman–Crippen LogP) is 3.59. The lowest BCUT2D eigenvalue weighted by atomic mass is 10.1. The second-order valence-corrected chi connectivity index (χ2v) is 14.6. The molecule has 1 fully saturated rings. The summed E-state index contributed by atoms with van der Waals surface area (Å²) in [5.74, 6) is -0.733. The maximum Gasteiger partial charge on any atom is 0.410 e. The van der Waals surface area contributed by atoms with Crippen LogP contribution in [0.2, 0.25) is 0 Å². The van der Waals surface area contributed by atoms with E-state index in [2.05, 4.69) is 25.6 Å². The average Bonchev–Trinajstić information content (AvgIpc) is 3.71. The molecule has 306 valence electrons. The van der Waals surface area contributed by atoms with Crippen LogP contribution in [0.4, 0.5) is 22.1 Å². The summed E-state index contributed by atoms with van der Waals surface area (Å²) in [6.45, 7) is 14.0. The summed E-state index contributed by atoms with van der Waals surface area (Å²) in [5, 5.41) is 10.6. The van der Waals surface area contributed by atoms with E-state index in [0.717, 1.165) is 19.6 Å². The highest BCUT2D eigenvalue weighted by Crippen LogP contribution is 2.33. The molecule has 0 bridgehead atoms. The summed E-state index contributed by atoms with van der Waals surface area (Å²) < 4.78 is 20.6. The Balaban J connectivity index is 1.26. The number of nitrogens with two attached hydrogens (primary N) is 3. The van der Waals surface area contributed by atoms with Gasteiger partial charge >= 0.3 is 6.09 Å². The first kappa shape index (κ1) is 41.9. The maximum absolute atomic E-state index is 13.4. The zero-order valence-electron chi connectivity index (χ0n) is 33.4. The lowest BCUT2D eigenvalue weighted by molar-refractivity contribution is 0.0141. The number of aromatic nitrogens is 4. The van der Waals surface area contributed by atoms with Crippen LogP contribution in [0.3, 0.4) is 0 Å². The Morgan fingerprint density at radius 1 is 0.947 bits per heavy atom. The summed E-state index contributed by atoms with van der Waals surface area (Å²) in [7, 11) is 1.47. The molecule has 2 aromatic heterocycles. The van der Waals surface area contributed by atoms with Gasteiger partial charge in [-0.2, -0.15) is 5.10 Å². The molecular formula is C39H53N11O7. The van der Waals surface area contributed by atoms with Gasteiger partial charge in [0.15, 0.2) is 0 Å². The van der Waals surface area contributed by atoms with E-state index < -0.39 is 23.3 Å². The Bertz CT molecular complexity index is 2140. The van der Waals surface area contributed by atoms with Crippen molar-refractivity contribution in [3.05, 3.63) is 65.0 Å². The van der Waals surface area contributed by atoms with Gasteiger partial charge in [0.25, 0.3) is 5.91 Å². The van der Waals surface area contributed by atoms with Gasteiger partial charge in [0.2, 0.25) is 17.8 Å². The predicted molar refractivity (Wildman–Crippen MR) is 217 cm³/mol. The number of ether oxygens (including phenoxy) is 3. The van der Waals surface area contributed by atoms with Crippen LogP contribution in [-0.2, 0) is 17.8 Å². The molecule has 4 aromatic rings. The van der Waals surface area contributed by atoms with E-state index in [4.69, 9.17) is 31.4 Å². The molecule has 3 heterocycles. The zero-order valence-corrected chi connectivity index (χ0v) is 33.4. The van der Waals surface area contributed by atoms with Crippen LogP contribution in [0.15, 0.2) is 42.5 Å². The number of rotatable bonds is 16. The van der Waals surface area contributed by atoms with Crippen LogP contribution in [0.1, 0.15) is 71.0 Å². The molecular weight excluding hydrogens is 734 g/mol. The summed E-state index contributed by atoms with van der Waals surface area (Å²) >= 11 is 0. The molecule has 18 nitrogen and oxygen atoms in total. The fraction of sp³-hybridized carbons (Fsp3) is 0.436. The highest BCUT2D eigenvalue weighted by molar-refractivity contribution is 6.04. The van der Waals surface area contributed by atoms with Crippen LogP contribution in [0.5, 0.6) is 11.5 Å². The van der Waals surface area contributed by atoms with Crippen molar-refractivity contribution in [3.8, 4) is 11.5 Å². The van der Waals surface area contributed by atoms with E-state index in [1.54, 1.807) is 32.3 Å². The molecule has 0 spiro atoms. The Hall–Kier alpha value is -6.30. The van der Waals surface area contributed by atoms with Gasteiger partial charge in [-0.1, -0.05) is 12.2 Å². The highest BCUT2D eigenvalue weighted by Gasteiger charge is 2.26. The van der Waals surface area contributed by atoms with Gasteiger partial charge in [-0.05, 0) is 71.4 Å². The van der Waals surface area contributed by atoms with Crippen molar-refractivity contribution >= 4 is 52.2 Å². The number of allylic oxidation sites excluding steroid dienone is 1. The standard InChI is InChI=1S/C39H53N11O7/c1-7-50-29(19-24(2)46-50)36(53)45-37-44-28-21-26(35(42)52)23-31(55-6)33(28)49(37)13-9-8-11-43-32-27(40)20-25(34(41)51)22-30(32)56-18-10-12-47-14-16-48(17-15-47)38(54)57-39(3,4)5/h8-9,19-23,43H,7,10-18,40H2,1-6H3,(H2,41,51)(H2,42,52)(H,44,45,53). The summed E-state index contributed by atoms with van der Waals surface area (Å²) in [6, 6.07) is 7.83. The number of carbonyl (C=O) groups is 4. The molecule has 0 aliphatic carbocycles. The SMILES string of the molecule is CCn1nc(C)cc1C(=O)Nc1nc2cc(C(N)=O)cc(OC)c2n1CC=CCNc1c(N)cc(C(N)=O)cc1OCCCN1CCN(C(=O)OC(C)(C)C)CC1. The van der Waals surface area contributed by atoms with Crippen molar-refractivity contribution < 1.29 is 33.4 Å². The molecule has 1 aliphatic heterocycles. The largest absolute Gasteiger partial charge is 0.494 e. The Morgan fingerprint density at radius 2 is 1.63 bits per heavy atom. The van der Waals surface area contributed by atoms with Crippen molar-refractivity contribution in [1.29, 1.82) is 0 Å². The topological polar surface area (TPSA) is 240 Å². The molecule has 1 saturated heterocycles. The fourth-order valence-corrected chi connectivity index (χ4v) is 6.39. The minimum Gasteiger partial charge on any atom is -0.494 e. The Morgan fingerprint density at radius 3 is 2.28 bits per heavy atom. The van der Waals surface area contributed by atoms with Gasteiger partial charge in [-0.15, -0.1) is 0 Å². The van der Waals surface area contributed by atoms with Crippen molar-refractivity contribution in [1.82, 2.24) is 29.1 Å². The number of carbonyl (C=O) groups excluding carboxylic acids is 4. The number of nitrogen functional groups attached to an aromatic ring is 1. The van der Waals surface area contributed by atoms with Crippen molar-refractivity contribution in [2.45, 2.75) is 59.7 Å². The van der Waals surface area contributed by atoms with Gasteiger partial charge < -0.3 is 46.2 Å². The van der Waals surface area contributed by atoms with E-state index in [9.17, 15) is 19.2 Å². The molecule has 4 amide bonds. The monoisotopic (exact) mass is 787 g/mol. The number of piperazine rings is 1. The molecule has 0 saturated carbocycles. The van der Waals surface area contributed by atoms with Crippen LogP contribution >= 0.6 is 0 Å². The summed E-state index contributed by atoms with van der Waals surface area (Å²) in [6.07, 6.45) is 4.11. The molecule has 18 heteroatoms. The number of benzene rings is 2. The third-order valence-corrected chi connectivity index (χ3v) is 9.14. The highest BCUT2D eigenvalue weighted by atomic mass is 16.6. The number of imidazole rings is 1. The molecule has 1 aliphatic rings. The number of methoxy groups -OCH3 is 1. The molecule has 8 N–H and O–H groups in total.